The molecule has 0 aliphatic carbocycles. The molecule has 0 unspecified atom stereocenters. The average Bonchev–Trinajstić information content (AvgIpc) is 2.90. The third kappa shape index (κ3) is 11.5. The fourth-order valence-electron chi connectivity index (χ4n) is 4.50. The lowest BCUT2D eigenvalue weighted by atomic mass is 10.0. The van der Waals surface area contributed by atoms with Crippen LogP contribution in [0.5, 0.6) is 0 Å². The van der Waals surface area contributed by atoms with Crippen LogP contribution in [0.1, 0.15) is 75.3 Å². The molecule has 0 bridgehead atoms. The number of ether oxygens (including phenoxy) is 2. The summed E-state index contributed by atoms with van der Waals surface area (Å²) in [6.45, 7) is 0. The van der Waals surface area contributed by atoms with E-state index < -0.39 is 0 Å². The van der Waals surface area contributed by atoms with Crippen molar-refractivity contribution in [2.45, 2.75) is 89.3 Å². The molecule has 192 valence electrons. The van der Waals surface area contributed by atoms with Gasteiger partial charge in [0.05, 0.1) is 0 Å². The van der Waals surface area contributed by atoms with Crippen LogP contribution in [-0.4, -0.2) is 24.1 Å². The molecule has 3 rings (SSSR count). The van der Waals surface area contributed by atoms with Gasteiger partial charge in [-0.2, -0.15) is 0 Å². The van der Waals surface area contributed by atoms with E-state index in [1.54, 1.807) is 12.2 Å². The summed E-state index contributed by atoms with van der Waals surface area (Å²) in [5, 5.41) is 0. The highest BCUT2D eigenvalue weighted by molar-refractivity contribution is 5.82. The van der Waals surface area contributed by atoms with Gasteiger partial charge in [-0.1, -0.05) is 72.8 Å². The molecule has 0 aromatic heterocycles. The normalized spacial score (nSPS) is 22.4. The van der Waals surface area contributed by atoms with Crippen molar-refractivity contribution in [3.8, 4) is 0 Å². The Hall–Kier alpha value is -3.14. The SMILES string of the molecule is O=C1/C=C/CCCC[C@@H](CCc2ccccc2)OC(=O)/C=C/CCCC[C@@H](CCc2ccccc2)O1. The molecule has 4 nitrogen and oxygen atoms in total. The van der Waals surface area contributed by atoms with Crippen molar-refractivity contribution in [3.63, 3.8) is 0 Å². The first-order valence-corrected chi connectivity index (χ1v) is 13.5. The molecule has 2 aromatic carbocycles. The number of allylic oxidation sites excluding steroid dienone is 2. The van der Waals surface area contributed by atoms with Crippen molar-refractivity contribution < 1.29 is 19.1 Å². The smallest absolute Gasteiger partial charge is 0.330 e. The van der Waals surface area contributed by atoms with Crippen LogP contribution < -0.4 is 0 Å². The Morgan fingerprint density at radius 1 is 0.583 bits per heavy atom. The summed E-state index contributed by atoms with van der Waals surface area (Å²) in [6, 6.07) is 20.6. The molecule has 0 spiro atoms. The summed E-state index contributed by atoms with van der Waals surface area (Å²) in [7, 11) is 0. The minimum atomic E-state index is -0.247. The van der Waals surface area contributed by atoms with Crippen LogP contribution in [0.4, 0.5) is 0 Å². The number of hydrogen-bond acceptors (Lipinski definition) is 4. The molecule has 0 saturated heterocycles. The standard InChI is InChI=1S/C32H40O4/c33-31-21-13-3-1-11-19-29(25-23-27-15-7-5-8-16-27)35-32(34)22-14-4-2-12-20-30(36-31)26-24-28-17-9-6-10-18-28/h5-10,13-18,21-22,29-30H,1-4,11-12,19-20,23-26H2/b21-13+,22-14+/t29-,30-/m0/s1. The first kappa shape index (κ1) is 27.4. The third-order valence-corrected chi connectivity index (χ3v) is 6.56. The van der Waals surface area contributed by atoms with E-state index in [1.165, 1.54) is 11.1 Å². The van der Waals surface area contributed by atoms with E-state index in [0.29, 0.717) is 0 Å². The first-order chi connectivity index (χ1) is 17.7. The minimum Gasteiger partial charge on any atom is -0.459 e. The van der Waals surface area contributed by atoms with Gasteiger partial charge in [-0.3, -0.25) is 0 Å². The van der Waals surface area contributed by atoms with E-state index in [4.69, 9.17) is 9.47 Å². The molecule has 0 amide bonds. The van der Waals surface area contributed by atoms with E-state index in [1.807, 2.05) is 48.6 Å². The van der Waals surface area contributed by atoms with E-state index >= 15 is 0 Å². The Kier molecular flexibility index (Phi) is 12.6. The first-order valence-electron chi connectivity index (χ1n) is 13.5. The van der Waals surface area contributed by atoms with Crippen molar-refractivity contribution in [3.05, 3.63) is 96.1 Å². The van der Waals surface area contributed by atoms with Crippen LogP contribution in [0.25, 0.3) is 0 Å². The average molecular weight is 489 g/mol. The zero-order valence-electron chi connectivity index (χ0n) is 21.4. The number of hydrogen-bond donors (Lipinski definition) is 0. The number of benzene rings is 2. The lowest BCUT2D eigenvalue weighted by Crippen LogP contribution is -2.18. The summed E-state index contributed by atoms with van der Waals surface area (Å²) < 4.78 is 11.6. The van der Waals surface area contributed by atoms with Crippen molar-refractivity contribution in [2.75, 3.05) is 0 Å². The Bertz CT molecular complexity index is 869. The van der Waals surface area contributed by atoms with Crippen LogP contribution >= 0.6 is 0 Å². The quantitative estimate of drug-likeness (QED) is 0.400. The highest BCUT2D eigenvalue weighted by Crippen LogP contribution is 2.17. The van der Waals surface area contributed by atoms with Gasteiger partial charge in [-0.25, -0.2) is 9.59 Å². The summed E-state index contributed by atoms with van der Waals surface area (Å²) in [6.07, 6.45) is 17.2. The van der Waals surface area contributed by atoms with E-state index in [2.05, 4.69) is 24.3 Å². The Morgan fingerprint density at radius 2 is 1.00 bits per heavy atom. The molecular weight excluding hydrogens is 448 g/mol. The van der Waals surface area contributed by atoms with Crippen LogP contribution in [0.3, 0.4) is 0 Å². The van der Waals surface area contributed by atoms with Gasteiger partial charge in [0.1, 0.15) is 12.2 Å². The number of esters is 2. The number of carbonyl (C=O) groups is 2. The second-order valence-corrected chi connectivity index (χ2v) is 9.54. The zero-order chi connectivity index (χ0) is 25.3. The van der Waals surface area contributed by atoms with Gasteiger partial charge in [0.15, 0.2) is 0 Å². The summed E-state index contributed by atoms with van der Waals surface area (Å²) >= 11 is 0. The minimum absolute atomic E-state index is 0.0967. The molecule has 1 heterocycles. The van der Waals surface area contributed by atoms with Gasteiger partial charge in [0, 0.05) is 12.2 Å². The number of aryl methyl sites for hydroxylation is 2. The van der Waals surface area contributed by atoms with E-state index in [-0.39, 0.29) is 24.1 Å². The lowest BCUT2D eigenvalue weighted by molar-refractivity contribution is -0.144. The molecular formula is C32H40O4. The van der Waals surface area contributed by atoms with Crippen molar-refractivity contribution in [1.82, 2.24) is 0 Å². The second kappa shape index (κ2) is 16.5. The third-order valence-electron chi connectivity index (χ3n) is 6.56. The van der Waals surface area contributed by atoms with Crippen molar-refractivity contribution >= 4 is 11.9 Å². The molecule has 4 heteroatoms. The fraction of sp³-hybridized carbons (Fsp3) is 0.438. The monoisotopic (exact) mass is 488 g/mol. The summed E-state index contributed by atoms with van der Waals surface area (Å²) in [5.41, 5.74) is 2.51. The van der Waals surface area contributed by atoms with Gasteiger partial charge in [0.2, 0.25) is 0 Å². The van der Waals surface area contributed by atoms with E-state index in [0.717, 1.165) is 77.0 Å². The number of rotatable bonds is 6. The van der Waals surface area contributed by atoms with Crippen LogP contribution in [-0.2, 0) is 31.9 Å². The predicted octanol–water partition coefficient (Wildman–Crippen LogP) is 7.32. The van der Waals surface area contributed by atoms with Gasteiger partial charge < -0.3 is 9.47 Å². The zero-order valence-corrected chi connectivity index (χ0v) is 21.4. The molecule has 0 fully saturated rings. The molecule has 0 radical (unpaired) electrons. The topological polar surface area (TPSA) is 52.6 Å². The summed E-state index contributed by atoms with van der Waals surface area (Å²) in [5.74, 6) is -0.493. The number of carbonyl (C=O) groups excluding carboxylic acids is 2. The molecule has 1 aliphatic heterocycles. The highest BCUT2D eigenvalue weighted by Gasteiger charge is 2.15. The Labute approximate surface area is 216 Å². The van der Waals surface area contributed by atoms with Gasteiger partial charge in [-0.15, -0.1) is 0 Å². The molecule has 1 aliphatic rings. The van der Waals surface area contributed by atoms with E-state index in [9.17, 15) is 9.59 Å². The Morgan fingerprint density at radius 3 is 1.42 bits per heavy atom. The van der Waals surface area contributed by atoms with Crippen molar-refractivity contribution in [1.29, 1.82) is 0 Å². The molecule has 0 N–H and O–H groups in total. The van der Waals surface area contributed by atoms with Crippen molar-refractivity contribution in [2.24, 2.45) is 0 Å². The predicted molar refractivity (Wildman–Crippen MR) is 145 cm³/mol. The van der Waals surface area contributed by atoms with Crippen LogP contribution in [0.15, 0.2) is 85.0 Å². The van der Waals surface area contributed by atoms with Gasteiger partial charge in [0.25, 0.3) is 0 Å². The second-order valence-electron chi connectivity index (χ2n) is 9.54. The maximum Gasteiger partial charge on any atom is 0.330 e. The Balaban J connectivity index is 1.53. The molecule has 2 aromatic rings. The molecule has 2 atom stereocenters. The highest BCUT2D eigenvalue weighted by atomic mass is 16.5. The van der Waals surface area contributed by atoms with Gasteiger partial charge in [-0.05, 0) is 88.2 Å². The van der Waals surface area contributed by atoms with Crippen LogP contribution in [0, 0.1) is 0 Å². The molecule has 0 saturated carbocycles. The van der Waals surface area contributed by atoms with Gasteiger partial charge >= 0.3 is 11.9 Å². The maximum atomic E-state index is 12.4. The fourth-order valence-corrected chi connectivity index (χ4v) is 4.50. The largest absolute Gasteiger partial charge is 0.459 e. The lowest BCUT2D eigenvalue weighted by Gasteiger charge is -2.18. The summed E-state index contributed by atoms with van der Waals surface area (Å²) in [4.78, 5) is 24.9. The van der Waals surface area contributed by atoms with Crippen LogP contribution in [0.2, 0.25) is 0 Å². The number of cyclic esters (lactones) is 2. The molecule has 36 heavy (non-hydrogen) atoms. The maximum absolute atomic E-state index is 12.4.